The van der Waals surface area contributed by atoms with Gasteiger partial charge in [-0.1, -0.05) is 43.0 Å². The fourth-order valence-corrected chi connectivity index (χ4v) is 5.03. The van der Waals surface area contributed by atoms with Gasteiger partial charge in [-0.15, -0.1) is 0 Å². The first-order valence-corrected chi connectivity index (χ1v) is 12.4. The molecule has 1 amide bonds. The van der Waals surface area contributed by atoms with E-state index in [4.69, 9.17) is 11.6 Å². The molecule has 4 rings (SSSR count). The van der Waals surface area contributed by atoms with Gasteiger partial charge in [0.2, 0.25) is 0 Å². The zero-order valence-corrected chi connectivity index (χ0v) is 21.0. The molecule has 2 aromatic carbocycles. The van der Waals surface area contributed by atoms with Crippen molar-refractivity contribution in [3.8, 4) is 5.69 Å². The van der Waals surface area contributed by atoms with Crippen molar-refractivity contribution in [1.82, 2.24) is 15.1 Å². The maximum atomic E-state index is 14.8. The van der Waals surface area contributed by atoms with Crippen LogP contribution < -0.4 is 5.32 Å². The summed E-state index contributed by atoms with van der Waals surface area (Å²) in [6.45, 7) is 5.72. The molecule has 35 heavy (non-hydrogen) atoms. The Kier molecular flexibility index (Phi) is 7.70. The topological polar surface area (TPSA) is 46.9 Å². The maximum absolute atomic E-state index is 14.8. The van der Waals surface area contributed by atoms with Crippen LogP contribution in [0.5, 0.6) is 0 Å². The highest BCUT2D eigenvalue weighted by Crippen LogP contribution is 2.30. The summed E-state index contributed by atoms with van der Waals surface area (Å²) in [4.78, 5) is 13.3. The molecule has 1 aliphatic rings. The minimum Gasteiger partial charge on any atom is -0.348 e. The van der Waals surface area contributed by atoms with Crippen molar-refractivity contribution < 1.29 is 13.6 Å². The van der Waals surface area contributed by atoms with Gasteiger partial charge in [-0.3, -0.25) is 4.79 Å². The number of carbonyl (C=O) groups excluding carboxylic acids is 1. The Morgan fingerprint density at radius 3 is 2.49 bits per heavy atom. The Morgan fingerprint density at radius 2 is 1.83 bits per heavy atom. The highest BCUT2D eigenvalue weighted by molar-refractivity contribution is 6.30. The summed E-state index contributed by atoms with van der Waals surface area (Å²) in [5, 5.41) is 8.27. The first kappa shape index (κ1) is 25.1. The molecule has 0 spiro atoms. The summed E-state index contributed by atoms with van der Waals surface area (Å²) in [6, 6.07) is 10.7. The molecular weight excluding hydrogens is 468 g/mol. The number of nitrogens with one attached hydrogen (secondary N) is 1. The van der Waals surface area contributed by atoms with Gasteiger partial charge in [-0.05, 0) is 81.0 Å². The second-order valence-corrected chi connectivity index (χ2v) is 9.81. The van der Waals surface area contributed by atoms with E-state index in [1.165, 1.54) is 36.1 Å². The van der Waals surface area contributed by atoms with Crippen LogP contribution in [0.25, 0.3) is 17.3 Å². The van der Waals surface area contributed by atoms with Crippen LogP contribution in [-0.2, 0) is 0 Å². The van der Waals surface area contributed by atoms with E-state index in [1.807, 2.05) is 32.1 Å². The van der Waals surface area contributed by atoms with E-state index in [0.29, 0.717) is 22.2 Å². The quantitative estimate of drug-likeness (QED) is 0.386. The van der Waals surface area contributed by atoms with E-state index in [1.54, 1.807) is 19.1 Å². The predicted octanol–water partition coefficient (Wildman–Crippen LogP) is 7.37. The molecule has 1 aliphatic carbocycles. The van der Waals surface area contributed by atoms with Crippen molar-refractivity contribution in [3.05, 3.63) is 81.6 Å². The standard InChI is InChI=1S/C28H30ClF2N3O/c1-17(15-20-9-11-22(29)12-10-20)27-18(2)26(28(35)32-19(3)21-7-5-4-6-8-21)33-34(27)25-14-13-23(30)16-24(25)31/h9-16,19,21H,4-8H2,1-3H3,(H,32,35)/t19-/m0/s1. The fourth-order valence-electron chi connectivity index (χ4n) is 4.91. The number of nitrogens with zero attached hydrogens (tertiary/aromatic N) is 2. The zero-order chi connectivity index (χ0) is 25.1. The number of halogens is 3. The molecular formula is C28H30ClF2N3O. The molecule has 4 nitrogen and oxygen atoms in total. The Morgan fingerprint density at radius 1 is 1.14 bits per heavy atom. The molecule has 3 aromatic rings. The Hall–Kier alpha value is -2.99. The SMILES string of the molecule is CC(=Cc1ccc(Cl)cc1)c1c(C)c(C(=O)N[C@@H](C)C2CCCCC2)nn1-c1ccc(F)cc1F. The average Bonchev–Trinajstić information content (AvgIpc) is 3.18. The molecule has 0 radical (unpaired) electrons. The second-order valence-electron chi connectivity index (χ2n) is 9.37. The van der Waals surface area contributed by atoms with Crippen molar-refractivity contribution in [1.29, 1.82) is 0 Å². The van der Waals surface area contributed by atoms with Gasteiger partial charge in [-0.2, -0.15) is 5.10 Å². The number of amides is 1. The first-order chi connectivity index (χ1) is 16.7. The van der Waals surface area contributed by atoms with E-state index in [0.717, 1.165) is 30.0 Å². The Balaban J connectivity index is 1.75. The van der Waals surface area contributed by atoms with Crippen molar-refractivity contribution in [2.75, 3.05) is 0 Å². The van der Waals surface area contributed by atoms with Crippen LogP contribution in [-0.4, -0.2) is 21.7 Å². The third-order valence-corrected chi connectivity index (χ3v) is 7.07. The molecule has 1 aromatic heterocycles. The first-order valence-electron chi connectivity index (χ1n) is 12.0. The van der Waals surface area contributed by atoms with Crippen LogP contribution in [0.4, 0.5) is 8.78 Å². The maximum Gasteiger partial charge on any atom is 0.272 e. The lowest BCUT2D eigenvalue weighted by Gasteiger charge is -2.28. The summed E-state index contributed by atoms with van der Waals surface area (Å²) in [5.41, 5.74) is 3.20. The molecule has 184 valence electrons. The summed E-state index contributed by atoms with van der Waals surface area (Å²) in [7, 11) is 0. The predicted molar refractivity (Wildman–Crippen MR) is 137 cm³/mol. The number of hydrogen-bond donors (Lipinski definition) is 1. The number of hydrogen-bond acceptors (Lipinski definition) is 2. The van der Waals surface area contributed by atoms with E-state index in [2.05, 4.69) is 10.4 Å². The van der Waals surface area contributed by atoms with Crippen LogP contribution in [0.15, 0.2) is 42.5 Å². The third kappa shape index (κ3) is 5.64. The minimum atomic E-state index is -0.754. The lowest BCUT2D eigenvalue weighted by Crippen LogP contribution is -2.39. The normalized spacial score (nSPS) is 15.8. The molecule has 0 saturated heterocycles. The minimum absolute atomic E-state index is 0.0177. The van der Waals surface area contributed by atoms with Gasteiger partial charge in [-0.25, -0.2) is 13.5 Å². The van der Waals surface area contributed by atoms with Crippen LogP contribution in [0.3, 0.4) is 0 Å². The van der Waals surface area contributed by atoms with E-state index >= 15 is 0 Å². The number of allylic oxidation sites excluding steroid dienone is 1. The van der Waals surface area contributed by atoms with Crippen LogP contribution in [0.1, 0.15) is 73.3 Å². The van der Waals surface area contributed by atoms with Gasteiger partial charge in [0.25, 0.3) is 5.91 Å². The smallest absolute Gasteiger partial charge is 0.272 e. The number of carbonyl (C=O) groups is 1. The average molecular weight is 498 g/mol. The number of benzene rings is 2. The van der Waals surface area contributed by atoms with Gasteiger partial charge in [0.1, 0.15) is 11.5 Å². The molecule has 1 fully saturated rings. The van der Waals surface area contributed by atoms with E-state index in [9.17, 15) is 13.6 Å². The zero-order valence-electron chi connectivity index (χ0n) is 20.2. The van der Waals surface area contributed by atoms with Gasteiger partial charge in [0, 0.05) is 22.7 Å². The Labute approximate surface area is 210 Å². The van der Waals surface area contributed by atoms with Crippen LogP contribution >= 0.6 is 11.6 Å². The highest BCUT2D eigenvalue weighted by atomic mass is 35.5. The largest absolute Gasteiger partial charge is 0.348 e. The summed E-state index contributed by atoms with van der Waals surface area (Å²) >= 11 is 6.01. The molecule has 1 saturated carbocycles. The molecule has 1 N–H and O–H groups in total. The van der Waals surface area contributed by atoms with E-state index in [-0.39, 0.29) is 23.3 Å². The van der Waals surface area contributed by atoms with Crippen molar-refractivity contribution in [3.63, 3.8) is 0 Å². The molecule has 1 heterocycles. The van der Waals surface area contributed by atoms with Gasteiger partial charge in [0.15, 0.2) is 11.5 Å². The Bertz CT molecular complexity index is 1240. The molecule has 0 unspecified atom stereocenters. The van der Waals surface area contributed by atoms with E-state index < -0.39 is 11.6 Å². The van der Waals surface area contributed by atoms with Crippen LogP contribution in [0.2, 0.25) is 5.02 Å². The molecule has 0 bridgehead atoms. The summed E-state index contributed by atoms with van der Waals surface area (Å²) < 4.78 is 29.8. The molecule has 7 heteroatoms. The van der Waals surface area contributed by atoms with Crippen molar-refractivity contribution >= 4 is 29.2 Å². The highest BCUT2D eigenvalue weighted by Gasteiger charge is 2.27. The third-order valence-electron chi connectivity index (χ3n) is 6.82. The van der Waals surface area contributed by atoms with Crippen molar-refractivity contribution in [2.24, 2.45) is 5.92 Å². The number of aromatic nitrogens is 2. The van der Waals surface area contributed by atoms with Crippen LogP contribution in [0, 0.1) is 24.5 Å². The van der Waals surface area contributed by atoms with Gasteiger partial charge >= 0.3 is 0 Å². The molecule has 1 atom stereocenters. The lowest BCUT2D eigenvalue weighted by molar-refractivity contribution is 0.0913. The van der Waals surface area contributed by atoms with Gasteiger partial charge < -0.3 is 5.32 Å². The lowest BCUT2D eigenvalue weighted by atomic mass is 9.84. The van der Waals surface area contributed by atoms with Gasteiger partial charge in [0.05, 0.1) is 5.69 Å². The molecule has 0 aliphatic heterocycles. The fraction of sp³-hybridized carbons (Fsp3) is 0.357. The summed E-state index contributed by atoms with van der Waals surface area (Å²) in [5.74, 6) is -1.28. The van der Waals surface area contributed by atoms with Crippen molar-refractivity contribution in [2.45, 2.75) is 58.9 Å². The summed E-state index contributed by atoms with van der Waals surface area (Å²) in [6.07, 6.45) is 7.73. The monoisotopic (exact) mass is 497 g/mol. The number of rotatable bonds is 6. The second kappa shape index (κ2) is 10.7.